The zero-order valence-electron chi connectivity index (χ0n) is 19.5. The summed E-state index contributed by atoms with van der Waals surface area (Å²) in [5, 5.41) is 19.4. The van der Waals surface area contributed by atoms with Crippen LogP contribution in [0.1, 0.15) is 52.9 Å². The van der Waals surface area contributed by atoms with Gasteiger partial charge in [-0.1, -0.05) is 39.1 Å². The zero-order chi connectivity index (χ0) is 21.9. The minimum absolute atomic E-state index is 0.149. The van der Waals surface area contributed by atoms with E-state index in [2.05, 4.69) is 40.1 Å². The molecule has 0 aromatic carbocycles. The number of aliphatic hydroxyl groups excluding tert-OH is 2. The first-order valence-electron chi connectivity index (χ1n) is 12.0. The monoisotopic (exact) mass is 439 g/mol. The van der Waals surface area contributed by atoms with Gasteiger partial charge in [0.1, 0.15) is 7.28 Å². The van der Waals surface area contributed by atoms with Crippen LogP contribution >= 0.6 is 11.8 Å². The molecule has 0 saturated heterocycles. The van der Waals surface area contributed by atoms with E-state index in [0.717, 1.165) is 30.8 Å². The largest absolute Gasteiger partial charge is 0.394 e. The molecule has 6 heteroatoms. The Morgan fingerprint density at radius 3 is 2.50 bits per heavy atom. The van der Waals surface area contributed by atoms with E-state index in [-0.39, 0.29) is 6.61 Å². The third kappa shape index (κ3) is 8.50. The summed E-state index contributed by atoms with van der Waals surface area (Å²) in [5.74, 6) is 7.13. The molecule has 0 aromatic rings. The van der Waals surface area contributed by atoms with E-state index >= 15 is 0 Å². The van der Waals surface area contributed by atoms with Crippen molar-refractivity contribution in [1.82, 2.24) is 0 Å². The number of ether oxygens (including phenoxy) is 2. The van der Waals surface area contributed by atoms with Gasteiger partial charge in [0.25, 0.3) is 0 Å². The minimum atomic E-state index is -0.611. The number of hydrogen-bond acceptors (Lipinski definition) is 5. The van der Waals surface area contributed by atoms with Gasteiger partial charge in [0, 0.05) is 24.7 Å². The van der Waals surface area contributed by atoms with Gasteiger partial charge in [-0.3, -0.25) is 0 Å². The minimum Gasteiger partial charge on any atom is -0.394 e. The Morgan fingerprint density at radius 1 is 1.13 bits per heavy atom. The molecule has 4 nitrogen and oxygen atoms in total. The first-order chi connectivity index (χ1) is 14.5. The van der Waals surface area contributed by atoms with E-state index in [0.29, 0.717) is 41.9 Å². The Balaban J connectivity index is 1.90. The number of thioether (sulfide) groups is 1. The summed E-state index contributed by atoms with van der Waals surface area (Å²) >= 11 is 1.83. The van der Waals surface area contributed by atoms with Gasteiger partial charge in [0.2, 0.25) is 0 Å². The average molecular weight is 439 g/mol. The number of methoxy groups -OCH3 is 1. The fraction of sp³-hybridized carbons (Fsp3) is 0.917. The summed E-state index contributed by atoms with van der Waals surface area (Å²) in [4.78, 5) is 0. The molecular weight excluding hydrogens is 395 g/mol. The summed E-state index contributed by atoms with van der Waals surface area (Å²) < 4.78 is 11.0. The maximum Gasteiger partial charge on any atom is 0.144 e. The van der Waals surface area contributed by atoms with Crippen LogP contribution in [0.25, 0.3) is 0 Å². The van der Waals surface area contributed by atoms with E-state index in [1.807, 2.05) is 11.8 Å². The quantitative estimate of drug-likeness (QED) is 0.313. The van der Waals surface area contributed by atoms with Crippen LogP contribution in [0, 0.1) is 29.6 Å². The van der Waals surface area contributed by atoms with Crippen LogP contribution in [-0.2, 0) is 9.47 Å². The molecule has 0 heterocycles. The second-order valence-electron chi connectivity index (χ2n) is 9.60. The van der Waals surface area contributed by atoms with Gasteiger partial charge in [0.15, 0.2) is 0 Å². The molecule has 8 atom stereocenters. The molecule has 0 aromatic heterocycles. The van der Waals surface area contributed by atoms with Crippen molar-refractivity contribution in [3.63, 3.8) is 0 Å². The number of rotatable bonds is 14. The lowest BCUT2D eigenvalue weighted by Gasteiger charge is -2.23. The highest BCUT2D eigenvalue weighted by Crippen LogP contribution is 2.46. The van der Waals surface area contributed by atoms with Crippen LogP contribution in [0.15, 0.2) is 12.1 Å². The number of hydrogen-bond donors (Lipinski definition) is 2. The lowest BCUT2D eigenvalue weighted by molar-refractivity contribution is 0.0518. The van der Waals surface area contributed by atoms with Crippen molar-refractivity contribution in [1.29, 1.82) is 0 Å². The molecule has 0 aliphatic heterocycles. The van der Waals surface area contributed by atoms with Crippen LogP contribution in [0.3, 0.4) is 0 Å². The van der Waals surface area contributed by atoms with Crippen molar-refractivity contribution < 1.29 is 19.7 Å². The highest BCUT2D eigenvalue weighted by Gasteiger charge is 2.37. The van der Waals surface area contributed by atoms with Crippen LogP contribution in [0.5, 0.6) is 0 Å². The van der Waals surface area contributed by atoms with E-state index in [9.17, 15) is 5.11 Å². The van der Waals surface area contributed by atoms with Crippen molar-refractivity contribution in [2.45, 2.75) is 70.0 Å². The van der Waals surface area contributed by atoms with Crippen molar-refractivity contribution in [3.05, 3.63) is 12.1 Å². The molecule has 7 unspecified atom stereocenters. The third-order valence-electron chi connectivity index (χ3n) is 7.25. The fourth-order valence-corrected chi connectivity index (χ4v) is 6.53. The van der Waals surface area contributed by atoms with Crippen LogP contribution in [0.4, 0.5) is 0 Å². The second-order valence-corrected chi connectivity index (χ2v) is 10.9. The second kappa shape index (κ2) is 14.2. The molecule has 2 N–H and O–H groups in total. The molecule has 2 aliphatic rings. The highest BCUT2D eigenvalue weighted by molar-refractivity contribution is 7.99. The molecule has 2 saturated carbocycles. The molecule has 2 fully saturated rings. The van der Waals surface area contributed by atoms with E-state index in [1.165, 1.54) is 25.7 Å². The third-order valence-corrected chi connectivity index (χ3v) is 8.98. The van der Waals surface area contributed by atoms with Gasteiger partial charge in [-0.15, -0.1) is 5.98 Å². The molecule has 30 heavy (non-hydrogen) atoms. The number of allylic oxidation sites excluding steroid dienone is 1. The Labute approximate surface area is 189 Å². The van der Waals surface area contributed by atoms with Crippen LogP contribution in [-0.4, -0.2) is 68.1 Å². The van der Waals surface area contributed by atoms with Crippen LogP contribution < -0.4 is 0 Å². The van der Waals surface area contributed by atoms with Gasteiger partial charge < -0.3 is 19.7 Å². The van der Waals surface area contributed by atoms with Gasteiger partial charge in [-0.25, -0.2) is 0 Å². The van der Waals surface area contributed by atoms with E-state index in [1.54, 1.807) is 7.11 Å². The average Bonchev–Trinajstić information content (AvgIpc) is 3.28. The van der Waals surface area contributed by atoms with Crippen molar-refractivity contribution >= 4 is 19.0 Å². The Hall–Kier alpha value is -0.00506. The van der Waals surface area contributed by atoms with Gasteiger partial charge in [0.05, 0.1) is 25.9 Å². The fourth-order valence-electron chi connectivity index (χ4n) is 5.22. The molecule has 0 spiro atoms. The molecular formula is C24H44BO4S. The zero-order valence-corrected chi connectivity index (χ0v) is 20.4. The Bertz CT molecular complexity index is 482. The highest BCUT2D eigenvalue weighted by atomic mass is 32.2. The Morgan fingerprint density at radius 2 is 1.87 bits per heavy atom. The van der Waals surface area contributed by atoms with Crippen molar-refractivity contribution in [2.75, 3.05) is 39.3 Å². The lowest BCUT2D eigenvalue weighted by atomic mass is 9.60. The number of aliphatic hydroxyl groups is 2. The van der Waals surface area contributed by atoms with Gasteiger partial charge >= 0.3 is 0 Å². The maximum atomic E-state index is 9.75. The normalized spacial score (nSPS) is 33.9. The van der Waals surface area contributed by atoms with Gasteiger partial charge in [-0.05, 0) is 55.3 Å². The molecule has 2 aliphatic carbocycles. The molecule has 0 amide bonds. The van der Waals surface area contributed by atoms with Crippen molar-refractivity contribution in [2.24, 2.45) is 29.6 Å². The van der Waals surface area contributed by atoms with Crippen LogP contribution in [0.2, 0.25) is 5.82 Å². The standard InChI is InChI=1S/C24H44BO4S/c1-5-24(30-16-22(27)14-26)20-12-21(15-29-9-8-28-4)23(13-20)25-7-6-19-10-17(2)18(3)11-19/h6-7,17-24,26-27H,5,8-16H2,1-4H3/b7-6+/t17-,18?,19?,20?,21?,22?,23?,24?/m0/s1. The topological polar surface area (TPSA) is 58.9 Å². The predicted molar refractivity (Wildman–Crippen MR) is 128 cm³/mol. The first-order valence-corrected chi connectivity index (χ1v) is 13.0. The first kappa shape index (κ1) is 26.2. The van der Waals surface area contributed by atoms with E-state index in [4.69, 9.17) is 14.6 Å². The van der Waals surface area contributed by atoms with Gasteiger partial charge in [-0.2, -0.15) is 11.8 Å². The SMILES string of the molecule is CCC(SCC(O)CO)C1CC([B]/C=C/C2CC(C)[C@@H](C)C2)C(COCCOC)C1. The lowest BCUT2D eigenvalue weighted by Crippen LogP contribution is -2.21. The molecule has 173 valence electrons. The Kier molecular flexibility index (Phi) is 12.4. The molecule has 1 radical (unpaired) electrons. The maximum absolute atomic E-state index is 9.75. The molecule has 2 rings (SSSR count). The summed E-state index contributed by atoms with van der Waals surface area (Å²) in [7, 11) is 4.16. The molecule has 0 bridgehead atoms. The van der Waals surface area contributed by atoms with E-state index < -0.39 is 6.10 Å². The summed E-state index contributed by atoms with van der Waals surface area (Å²) in [6.07, 6.45) is 7.96. The predicted octanol–water partition coefficient (Wildman–Crippen LogP) is 4.23. The summed E-state index contributed by atoms with van der Waals surface area (Å²) in [6.45, 7) is 8.96. The summed E-state index contributed by atoms with van der Waals surface area (Å²) in [6, 6.07) is 0. The smallest absolute Gasteiger partial charge is 0.144 e. The summed E-state index contributed by atoms with van der Waals surface area (Å²) in [5.41, 5.74) is 0. The van der Waals surface area contributed by atoms with Crippen molar-refractivity contribution in [3.8, 4) is 0 Å².